The molecular weight excluding hydrogens is 282 g/mol. The summed E-state index contributed by atoms with van der Waals surface area (Å²) in [6, 6.07) is 8.31. The molecule has 0 bridgehead atoms. The van der Waals surface area contributed by atoms with Gasteiger partial charge in [-0.05, 0) is 30.9 Å². The first-order chi connectivity index (χ1) is 10.1. The molecular formula is C16H23N3OS. The van der Waals surface area contributed by atoms with Gasteiger partial charge in [-0.15, -0.1) is 11.8 Å². The summed E-state index contributed by atoms with van der Waals surface area (Å²) < 4.78 is 5.38. The van der Waals surface area contributed by atoms with Crippen molar-refractivity contribution in [3.63, 3.8) is 0 Å². The first kappa shape index (κ1) is 16.0. The monoisotopic (exact) mass is 305 g/mol. The summed E-state index contributed by atoms with van der Waals surface area (Å²) in [6.07, 6.45) is 0.975. The van der Waals surface area contributed by atoms with Crippen LogP contribution in [0.1, 0.15) is 43.5 Å². The maximum atomic E-state index is 5.81. The fourth-order valence-corrected chi connectivity index (χ4v) is 3.09. The molecule has 0 amide bonds. The van der Waals surface area contributed by atoms with Gasteiger partial charge in [0.05, 0.1) is 11.7 Å². The fourth-order valence-electron chi connectivity index (χ4n) is 2.22. The first-order valence-electron chi connectivity index (χ1n) is 7.31. The highest BCUT2D eigenvalue weighted by molar-refractivity contribution is 7.98. The third-order valence-electron chi connectivity index (χ3n) is 3.32. The van der Waals surface area contributed by atoms with Gasteiger partial charge in [-0.25, -0.2) is 0 Å². The standard InChI is InChI=1S/C16H23N3OS/c1-11(2)8-13(9-17)16-18-15(19-20-16)10-21-14-7-5-4-6-12(14)3/h4-7,11,13H,8-10,17H2,1-3H3. The van der Waals surface area contributed by atoms with Crippen LogP contribution in [0.4, 0.5) is 0 Å². The van der Waals surface area contributed by atoms with Crippen molar-refractivity contribution in [1.82, 2.24) is 10.1 Å². The number of thioether (sulfide) groups is 1. The van der Waals surface area contributed by atoms with Crippen LogP contribution in [0.15, 0.2) is 33.7 Å². The minimum Gasteiger partial charge on any atom is -0.339 e. The van der Waals surface area contributed by atoms with Gasteiger partial charge in [-0.2, -0.15) is 4.98 Å². The van der Waals surface area contributed by atoms with Crippen molar-refractivity contribution in [3.05, 3.63) is 41.5 Å². The van der Waals surface area contributed by atoms with Gasteiger partial charge >= 0.3 is 0 Å². The summed E-state index contributed by atoms with van der Waals surface area (Å²) in [5.74, 6) is 2.85. The van der Waals surface area contributed by atoms with E-state index < -0.39 is 0 Å². The molecule has 0 aliphatic heterocycles. The van der Waals surface area contributed by atoms with Gasteiger partial charge in [0.25, 0.3) is 0 Å². The molecule has 0 aliphatic rings. The Morgan fingerprint density at radius 2 is 2.05 bits per heavy atom. The van der Waals surface area contributed by atoms with Gasteiger partial charge in [0.1, 0.15) is 0 Å². The van der Waals surface area contributed by atoms with E-state index in [9.17, 15) is 0 Å². The zero-order valence-electron chi connectivity index (χ0n) is 12.9. The third kappa shape index (κ3) is 4.58. The lowest BCUT2D eigenvalue weighted by Crippen LogP contribution is -2.15. The van der Waals surface area contributed by atoms with Crippen LogP contribution in [0.5, 0.6) is 0 Å². The zero-order valence-corrected chi connectivity index (χ0v) is 13.7. The van der Waals surface area contributed by atoms with E-state index in [0.29, 0.717) is 24.1 Å². The van der Waals surface area contributed by atoms with Gasteiger partial charge in [-0.1, -0.05) is 37.2 Å². The van der Waals surface area contributed by atoms with Crippen molar-refractivity contribution in [2.45, 2.75) is 43.8 Å². The van der Waals surface area contributed by atoms with E-state index in [-0.39, 0.29) is 5.92 Å². The molecule has 2 aromatic rings. The van der Waals surface area contributed by atoms with Crippen LogP contribution in [-0.4, -0.2) is 16.7 Å². The summed E-state index contributed by atoms with van der Waals surface area (Å²) in [6.45, 7) is 7.00. The molecule has 0 aliphatic carbocycles. The number of rotatable bonds is 7. The first-order valence-corrected chi connectivity index (χ1v) is 8.29. The average molecular weight is 305 g/mol. The lowest BCUT2D eigenvalue weighted by molar-refractivity contribution is 0.332. The van der Waals surface area contributed by atoms with Crippen LogP contribution in [0, 0.1) is 12.8 Å². The minimum atomic E-state index is 0.162. The van der Waals surface area contributed by atoms with Crippen molar-refractivity contribution in [2.75, 3.05) is 6.54 Å². The van der Waals surface area contributed by atoms with E-state index in [0.717, 1.165) is 12.2 Å². The summed E-state index contributed by atoms with van der Waals surface area (Å²) in [7, 11) is 0. The average Bonchev–Trinajstić information content (AvgIpc) is 2.92. The van der Waals surface area contributed by atoms with Gasteiger partial charge < -0.3 is 10.3 Å². The van der Waals surface area contributed by atoms with E-state index >= 15 is 0 Å². The molecule has 1 heterocycles. The maximum absolute atomic E-state index is 5.81. The molecule has 0 saturated carbocycles. The molecule has 0 spiro atoms. The molecule has 1 aromatic carbocycles. The summed E-state index contributed by atoms with van der Waals surface area (Å²) >= 11 is 1.73. The highest BCUT2D eigenvalue weighted by Crippen LogP contribution is 2.26. The van der Waals surface area contributed by atoms with Gasteiger partial charge in [0.2, 0.25) is 5.89 Å². The van der Waals surface area contributed by atoms with Crippen LogP contribution >= 0.6 is 11.8 Å². The van der Waals surface area contributed by atoms with Crippen molar-refractivity contribution in [2.24, 2.45) is 11.7 Å². The summed E-state index contributed by atoms with van der Waals surface area (Å²) in [5, 5.41) is 4.07. The predicted octanol–water partition coefficient (Wildman–Crippen LogP) is 3.76. The van der Waals surface area contributed by atoms with Crippen LogP contribution < -0.4 is 5.73 Å². The molecule has 114 valence electrons. The number of benzene rings is 1. The van der Waals surface area contributed by atoms with E-state index in [1.165, 1.54) is 10.5 Å². The Balaban J connectivity index is 1.98. The highest BCUT2D eigenvalue weighted by Gasteiger charge is 2.19. The number of aromatic nitrogens is 2. The quantitative estimate of drug-likeness (QED) is 0.789. The molecule has 1 aromatic heterocycles. The topological polar surface area (TPSA) is 64.9 Å². The van der Waals surface area contributed by atoms with Crippen LogP contribution in [0.2, 0.25) is 0 Å². The molecule has 0 fully saturated rings. The maximum Gasteiger partial charge on any atom is 0.231 e. The third-order valence-corrected chi connectivity index (χ3v) is 4.50. The Bertz CT molecular complexity index is 568. The number of nitrogens with two attached hydrogens (primary N) is 1. The van der Waals surface area contributed by atoms with E-state index in [2.05, 4.69) is 43.0 Å². The van der Waals surface area contributed by atoms with Crippen molar-refractivity contribution in [1.29, 1.82) is 0 Å². The molecule has 1 unspecified atom stereocenters. The Morgan fingerprint density at radius 1 is 1.29 bits per heavy atom. The predicted molar refractivity (Wildman–Crippen MR) is 86.3 cm³/mol. The zero-order chi connectivity index (χ0) is 15.2. The summed E-state index contributed by atoms with van der Waals surface area (Å²) in [5.41, 5.74) is 7.08. The van der Waals surface area contributed by atoms with Crippen molar-refractivity contribution in [3.8, 4) is 0 Å². The molecule has 21 heavy (non-hydrogen) atoms. The lowest BCUT2D eigenvalue weighted by atomic mass is 9.97. The summed E-state index contributed by atoms with van der Waals surface area (Å²) in [4.78, 5) is 5.75. The van der Waals surface area contributed by atoms with Gasteiger partial charge in [-0.3, -0.25) is 0 Å². The van der Waals surface area contributed by atoms with Crippen molar-refractivity contribution >= 4 is 11.8 Å². The molecule has 2 N–H and O–H groups in total. The number of nitrogens with zero attached hydrogens (tertiary/aromatic N) is 2. The SMILES string of the molecule is Cc1ccccc1SCc1noc(C(CN)CC(C)C)n1. The second kappa shape index (κ2) is 7.61. The van der Waals surface area contributed by atoms with Crippen LogP contribution in [0.25, 0.3) is 0 Å². The molecule has 4 nitrogen and oxygen atoms in total. The second-order valence-corrected chi connectivity index (χ2v) is 6.68. The minimum absolute atomic E-state index is 0.162. The largest absolute Gasteiger partial charge is 0.339 e. The Morgan fingerprint density at radius 3 is 2.71 bits per heavy atom. The second-order valence-electron chi connectivity index (χ2n) is 5.67. The highest BCUT2D eigenvalue weighted by atomic mass is 32.2. The van der Waals surface area contributed by atoms with Crippen molar-refractivity contribution < 1.29 is 4.52 Å². The van der Waals surface area contributed by atoms with E-state index in [1.54, 1.807) is 11.8 Å². The Kier molecular flexibility index (Phi) is 5.82. The molecule has 2 rings (SSSR count). The molecule has 1 atom stereocenters. The molecule has 0 radical (unpaired) electrons. The van der Waals surface area contributed by atoms with Gasteiger partial charge in [0.15, 0.2) is 5.82 Å². The van der Waals surface area contributed by atoms with Crippen LogP contribution in [-0.2, 0) is 5.75 Å². The van der Waals surface area contributed by atoms with E-state index in [1.807, 2.05) is 12.1 Å². The normalized spacial score (nSPS) is 12.8. The smallest absolute Gasteiger partial charge is 0.231 e. The fraction of sp³-hybridized carbons (Fsp3) is 0.500. The number of hydrogen-bond donors (Lipinski definition) is 1. The van der Waals surface area contributed by atoms with E-state index in [4.69, 9.17) is 10.3 Å². The Labute approximate surface area is 130 Å². The Hall–Kier alpha value is -1.33. The van der Waals surface area contributed by atoms with Crippen LogP contribution in [0.3, 0.4) is 0 Å². The number of hydrogen-bond acceptors (Lipinski definition) is 5. The molecule has 0 saturated heterocycles. The number of aryl methyl sites for hydroxylation is 1. The lowest BCUT2D eigenvalue weighted by Gasteiger charge is -2.11. The van der Waals surface area contributed by atoms with Gasteiger partial charge in [0, 0.05) is 11.4 Å². The molecule has 5 heteroatoms.